The molecule has 0 spiro atoms. The van der Waals surface area contributed by atoms with Crippen molar-refractivity contribution in [2.75, 3.05) is 6.54 Å². The van der Waals surface area contributed by atoms with E-state index in [0.717, 1.165) is 18.8 Å². The van der Waals surface area contributed by atoms with Gasteiger partial charge < -0.3 is 11.1 Å². The highest BCUT2D eigenvalue weighted by molar-refractivity contribution is 5.79. The molecule has 2 fully saturated rings. The lowest BCUT2D eigenvalue weighted by Crippen LogP contribution is -2.54. The Kier molecular flexibility index (Phi) is 4.31. The van der Waals surface area contributed by atoms with Gasteiger partial charge in [-0.15, -0.1) is 0 Å². The van der Waals surface area contributed by atoms with Gasteiger partial charge in [0.1, 0.15) is 0 Å². The lowest BCUT2D eigenvalue weighted by atomic mass is 9.80. The summed E-state index contributed by atoms with van der Waals surface area (Å²) in [5.41, 5.74) is 5.70. The van der Waals surface area contributed by atoms with E-state index in [1.165, 1.54) is 32.1 Å². The molecule has 0 aromatic rings. The van der Waals surface area contributed by atoms with Crippen molar-refractivity contribution in [2.45, 2.75) is 64.3 Å². The molecule has 2 saturated carbocycles. The number of nitrogens with one attached hydrogen (secondary N) is 1. The molecule has 3 heteroatoms. The summed E-state index contributed by atoms with van der Waals surface area (Å²) in [6.07, 6.45) is 8.27. The van der Waals surface area contributed by atoms with Crippen LogP contribution in [0.1, 0.15) is 58.8 Å². The molecule has 1 atom stereocenters. The van der Waals surface area contributed by atoms with Gasteiger partial charge in [0.05, 0.1) is 5.54 Å². The number of rotatable bonds is 5. The van der Waals surface area contributed by atoms with Crippen molar-refractivity contribution in [1.29, 1.82) is 0 Å². The molecule has 0 aromatic heterocycles. The molecule has 2 rings (SSSR count). The van der Waals surface area contributed by atoms with E-state index in [9.17, 15) is 4.79 Å². The second-order valence-electron chi connectivity index (χ2n) is 6.51. The molecule has 0 heterocycles. The molecular formula is C15H28N2O. The van der Waals surface area contributed by atoms with Crippen molar-refractivity contribution in [3.8, 4) is 0 Å². The Morgan fingerprint density at radius 2 is 1.83 bits per heavy atom. The van der Waals surface area contributed by atoms with Crippen LogP contribution in [0.5, 0.6) is 0 Å². The fourth-order valence-electron chi connectivity index (χ4n) is 3.26. The van der Waals surface area contributed by atoms with E-state index in [4.69, 9.17) is 5.73 Å². The zero-order valence-electron chi connectivity index (χ0n) is 11.9. The fourth-order valence-corrected chi connectivity index (χ4v) is 3.26. The van der Waals surface area contributed by atoms with Crippen LogP contribution in [0.15, 0.2) is 0 Å². The van der Waals surface area contributed by atoms with Crippen LogP contribution in [0, 0.1) is 17.8 Å². The molecule has 0 aliphatic heterocycles. The standard InChI is InChI=1S/C15H28N2O/c1-3-11-4-6-12(7-5-11)14(18)17-15(2,10-16)13-8-9-13/h11-13H,3-10,16H2,1-2H3,(H,17,18). The molecule has 0 aromatic carbocycles. The summed E-state index contributed by atoms with van der Waals surface area (Å²) in [5.74, 6) is 1.94. The van der Waals surface area contributed by atoms with Gasteiger partial charge in [-0.3, -0.25) is 4.79 Å². The maximum absolute atomic E-state index is 12.3. The largest absolute Gasteiger partial charge is 0.349 e. The number of carbonyl (C=O) groups excluding carboxylic acids is 1. The van der Waals surface area contributed by atoms with Crippen LogP contribution in [0.2, 0.25) is 0 Å². The number of carbonyl (C=O) groups is 1. The third-order valence-corrected chi connectivity index (χ3v) is 5.11. The van der Waals surface area contributed by atoms with Crippen LogP contribution in [-0.2, 0) is 4.79 Å². The van der Waals surface area contributed by atoms with Crippen LogP contribution in [0.4, 0.5) is 0 Å². The van der Waals surface area contributed by atoms with Crippen molar-refractivity contribution >= 4 is 5.91 Å². The van der Waals surface area contributed by atoms with Gasteiger partial charge in [-0.1, -0.05) is 13.3 Å². The van der Waals surface area contributed by atoms with Crippen molar-refractivity contribution in [2.24, 2.45) is 23.5 Å². The Labute approximate surface area is 111 Å². The first-order valence-electron chi connectivity index (χ1n) is 7.61. The summed E-state index contributed by atoms with van der Waals surface area (Å²) in [5, 5.41) is 3.24. The first kappa shape index (κ1) is 13.9. The quantitative estimate of drug-likeness (QED) is 0.789. The van der Waals surface area contributed by atoms with Crippen LogP contribution < -0.4 is 11.1 Å². The maximum Gasteiger partial charge on any atom is 0.223 e. The van der Waals surface area contributed by atoms with E-state index < -0.39 is 0 Å². The molecule has 104 valence electrons. The molecule has 3 N–H and O–H groups in total. The lowest BCUT2D eigenvalue weighted by Gasteiger charge is -2.33. The van der Waals surface area contributed by atoms with Gasteiger partial charge >= 0.3 is 0 Å². The summed E-state index contributed by atoms with van der Waals surface area (Å²) in [7, 11) is 0. The Morgan fingerprint density at radius 3 is 2.28 bits per heavy atom. The van der Waals surface area contributed by atoms with E-state index in [1.807, 2.05) is 0 Å². The lowest BCUT2D eigenvalue weighted by molar-refractivity contribution is -0.128. The molecule has 1 amide bonds. The second-order valence-corrected chi connectivity index (χ2v) is 6.51. The van der Waals surface area contributed by atoms with Crippen molar-refractivity contribution in [3.63, 3.8) is 0 Å². The van der Waals surface area contributed by atoms with Gasteiger partial charge in [0.15, 0.2) is 0 Å². The summed E-state index contributed by atoms with van der Waals surface area (Å²) in [6.45, 7) is 4.93. The first-order valence-corrected chi connectivity index (χ1v) is 7.61. The Bertz CT molecular complexity index is 293. The minimum atomic E-state index is -0.154. The van der Waals surface area contributed by atoms with Gasteiger partial charge in [-0.25, -0.2) is 0 Å². The monoisotopic (exact) mass is 252 g/mol. The Morgan fingerprint density at radius 1 is 1.22 bits per heavy atom. The van der Waals surface area contributed by atoms with Crippen LogP contribution >= 0.6 is 0 Å². The molecule has 1 unspecified atom stereocenters. The van der Waals surface area contributed by atoms with E-state index in [0.29, 0.717) is 12.5 Å². The molecule has 2 aliphatic rings. The summed E-state index contributed by atoms with van der Waals surface area (Å²) >= 11 is 0. The van der Waals surface area contributed by atoms with Crippen LogP contribution in [0.3, 0.4) is 0 Å². The molecular weight excluding hydrogens is 224 g/mol. The first-order chi connectivity index (χ1) is 8.59. The summed E-state index contributed by atoms with van der Waals surface area (Å²) in [4.78, 5) is 12.3. The summed E-state index contributed by atoms with van der Waals surface area (Å²) < 4.78 is 0. The SMILES string of the molecule is CCC1CCC(C(=O)NC(C)(CN)C2CC2)CC1. The molecule has 18 heavy (non-hydrogen) atoms. The average Bonchev–Trinajstić information content (AvgIpc) is 3.23. The predicted octanol–water partition coefficient (Wildman–Crippen LogP) is 2.45. The number of amides is 1. The van der Waals surface area contributed by atoms with Gasteiger partial charge in [0, 0.05) is 12.5 Å². The number of hydrogen-bond acceptors (Lipinski definition) is 2. The van der Waals surface area contributed by atoms with Gasteiger partial charge in [-0.2, -0.15) is 0 Å². The van der Waals surface area contributed by atoms with Gasteiger partial charge in [-0.05, 0) is 57.3 Å². The zero-order chi connectivity index (χ0) is 13.2. The topological polar surface area (TPSA) is 55.1 Å². The van der Waals surface area contributed by atoms with Crippen molar-refractivity contribution in [3.05, 3.63) is 0 Å². The third-order valence-electron chi connectivity index (χ3n) is 5.11. The van der Waals surface area contributed by atoms with Gasteiger partial charge in [0.25, 0.3) is 0 Å². The third kappa shape index (κ3) is 3.05. The average molecular weight is 252 g/mol. The number of hydrogen-bond donors (Lipinski definition) is 2. The molecule has 2 aliphatic carbocycles. The highest BCUT2D eigenvalue weighted by Gasteiger charge is 2.42. The van der Waals surface area contributed by atoms with E-state index in [1.54, 1.807) is 0 Å². The van der Waals surface area contributed by atoms with Crippen molar-refractivity contribution < 1.29 is 4.79 Å². The molecule has 0 saturated heterocycles. The molecule has 0 bridgehead atoms. The normalized spacial score (nSPS) is 31.7. The highest BCUT2D eigenvalue weighted by Crippen LogP contribution is 2.39. The Hall–Kier alpha value is -0.570. The maximum atomic E-state index is 12.3. The molecule has 3 nitrogen and oxygen atoms in total. The fraction of sp³-hybridized carbons (Fsp3) is 0.933. The minimum absolute atomic E-state index is 0.154. The van der Waals surface area contributed by atoms with E-state index in [2.05, 4.69) is 19.2 Å². The van der Waals surface area contributed by atoms with Crippen LogP contribution in [-0.4, -0.2) is 18.0 Å². The second kappa shape index (κ2) is 5.60. The minimum Gasteiger partial charge on any atom is -0.349 e. The predicted molar refractivity (Wildman–Crippen MR) is 74.1 cm³/mol. The smallest absolute Gasteiger partial charge is 0.223 e. The number of nitrogens with two attached hydrogens (primary N) is 1. The van der Waals surface area contributed by atoms with Gasteiger partial charge in [0.2, 0.25) is 5.91 Å². The van der Waals surface area contributed by atoms with Crippen molar-refractivity contribution in [1.82, 2.24) is 5.32 Å². The Balaban J connectivity index is 1.84. The van der Waals surface area contributed by atoms with Crippen LogP contribution in [0.25, 0.3) is 0 Å². The molecule has 0 radical (unpaired) electrons. The summed E-state index contributed by atoms with van der Waals surface area (Å²) in [6, 6.07) is 0. The zero-order valence-corrected chi connectivity index (χ0v) is 11.9. The highest BCUT2D eigenvalue weighted by atomic mass is 16.2. The van der Waals surface area contributed by atoms with E-state index in [-0.39, 0.29) is 17.4 Å². The van der Waals surface area contributed by atoms with E-state index >= 15 is 0 Å².